The van der Waals surface area contributed by atoms with Crippen molar-refractivity contribution in [3.8, 4) is 34.3 Å². The van der Waals surface area contributed by atoms with E-state index in [2.05, 4.69) is 67.5 Å². The van der Waals surface area contributed by atoms with Crippen molar-refractivity contribution in [2.45, 2.75) is 41.2 Å². The molecule has 0 amide bonds. The van der Waals surface area contributed by atoms with Crippen molar-refractivity contribution in [1.29, 1.82) is 0 Å². The molecule has 0 radical (unpaired) electrons. The largest absolute Gasteiger partial charge is 0.493 e. The molecule has 186 valence electrons. The highest BCUT2D eigenvalue weighted by Gasteiger charge is 2.24. The van der Waals surface area contributed by atoms with E-state index in [1.807, 2.05) is 31.2 Å². The van der Waals surface area contributed by atoms with Crippen LogP contribution in [0.15, 0.2) is 59.0 Å². The molecule has 2 aromatic carbocycles. The van der Waals surface area contributed by atoms with Crippen molar-refractivity contribution in [1.82, 2.24) is 9.55 Å². The fourth-order valence-electron chi connectivity index (χ4n) is 5.23. The van der Waals surface area contributed by atoms with Crippen LogP contribution in [0.3, 0.4) is 0 Å². The van der Waals surface area contributed by atoms with Crippen molar-refractivity contribution in [2.24, 2.45) is 0 Å². The predicted octanol–water partition coefficient (Wildman–Crippen LogP) is 7.40. The summed E-state index contributed by atoms with van der Waals surface area (Å²) in [6.45, 7) is 13.8. The molecule has 0 unspecified atom stereocenters. The summed E-state index contributed by atoms with van der Waals surface area (Å²) in [7, 11) is 0. The van der Waals surface area contributed by atoms with Crippen LogP contribution in [-0.2, 0) is 6.54 Å². The van der Waals surface area contributed by atoms with Crippen LogP contribution in [0.2, 0.25) is 0 Å². The van der Waals surface area contributed by atoms with Crippen LogP contribution in [0, 0.1) is 6.92 Å². The monoisotopic (exact) mass is 483 g/mol. The van der Waals surface area contributed by atoms with Gasteiger partial charge in [0, 0.05) is 59.1 Å². The second-order valence-corrected chi connectivity index (χ2v) is 8.84. The minimum atomic E-state index is -0.117. The van der Waals surface area contributed by atoms with Gasteiger partial charge in [0.25, 0.3) is 5.95 Å². The van der Waals surface area contributed by atoms with Crippen LogP contribution in [0.4, 0.5) is 5.69 Å². The molecule has 36 heavy (non-hydrogen) atoms. The van der Waals surface area contributed by atoms with E-state index < -0.39 is 0 Å². The number of nitrogens with zero attached hydrogens (tertiary/aromatic N) is 3. The van der Waals surface area contributed by atoms with Crippen LogP contribution in [0.1, 0.15) is 33.4 Å². The first-order valence-electron chi connectivity index (χ1n) is 12.7. The zero-order chi connectivity index (χ0) is 25.4. The molecule has 0 spiro atoms. The molecule has 5 aromatic rings. The Morgan fingerprint density at radius 2 is 1.75 bits per heavy atom. The van der Waals surface area contributed by atoms with Gasteiger partial charge in [-0.05, 0) is 65.0 Å². The van der Waals surface area contributed by atoms with E-state index in [4.69, 9.17) is 14.1 Å². The van der Waals surface area contributed by atoms with Crippen molar-refractivity contribution in [3.63, 3.8) is 0 Å². The molecule has 0 saturated heterocycles. The lowest BCUT2D eigenvalue weighted by atomic mass is 10.1. The Bertz CT molecular complexity index is 1540. The molecule has 1 N–H and O–H groups in total. The number of furan rings is 1. The van der Waals surface area contributed by atoms with Gasteiger partial charge in [-0.3, -0.25) is 0 Å². The van der Waals surface area contributed by atoms with E-state index in [9.17, 15) is 5.11 Å². The first-order valence-corrected chi connectivity index (χ1v) is 12.7. The third-order valence-corrected chi connectivity index (χ3v) is 6.98. The van der Waals surface area contributed by atoms with Gasteiger partial charge in [-0.1, -0.05) is 18.2 Å². The normalized spacial score (nSPS) is 11.5. The maximum atomic E-state index is 10.7. The molecule has 3 aromatic heterocycles. The van der Waals surface area contributed by atoms with Gasteiger partial charge in [0.2, 0.25) is 0 Å². The molecule has 0 fully saturated rings. The summed E-state index contributed by atoms with van der Waals surface area (Å²) < 4.78 is 14.3. The number of aryl methyl sites for hydroxylation is 1. The average molecular weight is 484 g/mol. The van der Waals surface area contributed by atoms with Gasteiger partial charge in [-0.25, -0.2) is 4.98 Å². The molecular formula is C30H33N3O3. The number of aromatic nitrogens is 2. The fourth-order valence-corrected chi connectivity index (χ4v) is 5.23. The summed E-state index contributed by atoms with van der Waals surface area (Å²) in [4.78, 5) is 7.32. The number of pyridine rings is 1. The minimum Gasteiger partial charge on any atom is -0.493 e. The first kappa shape index (κ1) is 23.8. The summed E-state index contributed by atoms with van der Waals surface area (Å²) >= 11 is 0. The molecule has 0 aliphatic rings. The second-order valence-electron chi connectivity index (χ2n) is 8.84. The van der Waals surface area contributed by atoms with E-state index >= 15 is 0 Å². The lowest BCUT2D eigenvalue weighted by Gasteiger charge is -2.22. The van der Waals surface area contributed by atoms with Crippen molar-refractivity contribution in [3.05, 3.63) is 60.3 Å². The molecular weight excluding hydrogens is 450 g/mol. The predicted molar refractivity (Wildman–Crippen MR) is 147 cm³/mol. The van der Waals surface area contributed by atoms with Crippen LogP contribution in [0.5, 0.6) is 11.7 Å². The number of ether oxygens (including phenoxy) is 1. The Morgan fingerprint density at radius 3 is 2.47 bits per heavy atom. The highest BCUT2D eigenvalue weighted by atomic mass is 16.5. The standard InChI is InChI=1S/C30H33N3O3/c1-6-32(7-2)20-14-15-21(26(18-20)35-9-4)24-17-16-23-28(31-24)29(36-30(23)34)27-19(5)33(8-3)25-13-11-10-12-22(25)27/h10-18,34H,6-9H2,1-5H3. The first-order chi connectivity index (χ1) is 17.5. The zero-order valence-corrected chi connectivity index (χ0v) is 21.6. The van der Waals surface area contributed by atoms with Gasteiger partial charge in [0.15, 0.2) is 5.76 Å². The number of hydrogen-bond donors (Lipinski definition) is 1. The summed E-state index contributed by atoms with van der Waals surface area (Å²) in [5.74, 6) is 1.26. The number of rotatable bonds is 8. The number of aromatic hydroxyl groups is 1. The molecule has 0 saturated carbocycles. The van der Waals surface area contributed by atoms with E-state index in [1.165, 1.54) is 0 Å². The summed E-state index contributed by atoms with van der Waals surface area (Å²) in [5, 5.41) is 12.4. The third-order valence-electron chi connectivity index (χ3n) is 6.98. The maximum absolute atomic E-state index is 10.7. The maximum Gasteiger partial charge on any atom is 0.292 e. The summed E-state index contributed by atoms with van der Waals surface area (Å²) in [6.07, 6.45) is 0. The number of fused-ring (bicyclic) bond motifs is 2. The van der Waals surface area contributed by atoms with Crippen LogP contribution < -0.4 is 9.64 Å². The Labute approximate surface area is 211 Å². The highest BCUT2D eigenvalue weighted by Crippen LogP contribution is 2.44. The zero-order valence-electron chi connectivity index (χ0n) is 21.6. The summed E-state index contributed by atoms with van der Waals surface area (Å²) in [5.41, 5.74) is 6.63. The Hall–Kier alpha value is -3.93. The van der Waals surface area contributed by atoms with E-state index in [0.29, 0.717) is 23.3 Å². The van der Waals surface area contributed by atoms with Crippen LogP contribution >= 0.6 is 0 Å². The van der Waals surface area contributed by atoms with Gasteiger partial charge >= 0.3 is 0 Å². The second kappa shape index (κ2) is 9.61. The Morgan fingerprint density at radius 1 is 0.972 bits per heavy atom. The van der Waals surface area contributed by atoms with Gasteiger partial charge in [0.1, 0.15) is 11.3 Å². The van der Waals surface area contributed by atoms with Gasteiger partial charge in [-0.2, -0.15) is 0 Å². The smallest absolute Gasteiger partial charge is 0.292 e. The van der Waals surface area contributed by atoms with E-state index in [-0.39, 0.29) is 5.95 Å². The number of anilines is 1. The molecule has 3 heterocycles. The quantitative estimate of drug-likeness (QED) is 0.249. The van der Waals surface area contributed by atoms with E-state index in [1.54, 1.807) is 0 Å². The Kier molecular flexibility index (Phi) is 6.35. The Balaban J connectivity index is 1.72. The average Bonchev–Trinajstić information content (AvgIpc) is 3.37. The van der Waals surface area contributed by atoms with Crippen molar-refractivity contribution < 1.29 is 14.3 Å². The van der Waals surface area contributed by atoms with Gasteiger partial charge < -0.3 is 23.7 Å². The molecule has 0 aliphatic heterocycles. The fraction of sp³-hybridized carbons (Fsp3) is 0.300. The van der Waals surface area contributed by atoms with E-state index in [0.717, 1.165) is 64.5 Å². The van der Waals surface area contributed by atoms with Gasteiger partial charge in [-0.15, -0.1) is 0 Å². The lowest BCUT2D eigenvalue weighted by Crippen LogP contribution is -2.21. The van der Waals surface area contributed by atoms with Gasteiger partial charge in [0.05, 0.1) is 17.7 Å². The molecule has 5 rings (SSSR count). The lowest BCUT2D eigenvalue weighted by molar-refractivity contribution is 0.341. The SMILES string of the molecule is CCOc1cc(N(CC)CC)ccc1-c1ccc2c(O)oc(-c3c(C)n(CC)c4ccccc34)c2n1. The van der Waals surface area contributed by atoms with Crippen LogP contribution in [0.25, 0.3) is 44.4 Å². The highest BCUT2D eigenvalue weighted by molar-refractivity contribution is 6.05. The number of benzene rings is 2. The molecule has 0 aliphatic carbocycles. The number of para-hydroxylation sites is 1. The molecule has 0 bridgehead atoms. The van der Waals surface area contributed by atoms with Crippen molar-refractivity contribution in [2.75, 3.05) is 24.6 Å². The topological polar surface area (TPSA) is 63.7 Å². The third kappa shape index (κ3) is 3.77. The summed E-state index contributed by atoms with van der Waals surface area (Å²) in [6, 6.07) is 18.3. The molecule has 6 nitrogen and oxygen atoms in total. The number of hydrogen-bond acceptors (Lipinski definition) is 5. The molecule has 6 heteroatoms. The molecule has 0 atom stereocenters. The van der Waals surface area contributed by atoms with Crippen LogP contribution in [-0.4, -0.2) is 34.4 Å². The van der Waals surface area contributed by atoms with Crippen molar-refractivity contribution >= 4 is 27.5 Å². The minimum absolute atomic E-state index is 0.117.